The van der Waals surface area contributed by atoms with Gasteiger partial charge in [-0.2, -0.15) is 0 Å². The average Bonchev–Trinajstić information content (AvgIpc) is 3.48. The summed E-state index contributed by atoms with van der Waals surface area (Å²) in [4.78, 5) is 19.5. The summed E-state index contributed by atoms with van der Waals surface area (Å²) in [5.74, 6) is 1.83. The van der Waals surface area contributed by atoms with Gasteiger partial charge in [-0.15, -0.1) is 0 Å². The number of pyridine rings is 1. The molecule has 210 valence electrons. The van der Waals surface area contributed by atoms with E-state index in [2.05, 4.69) is 83.4 Å². The molecule has 0 radical (unpaired) electrons. The number of hydrogen-bond acceptors (Lipinski definition) is 4. The van der Waals surface area contributed by atoms with Gasteiger partial charge in [-0.05, 0) is 39.7 Å². The van der Waals surface area contributed by atoms with Crippen molar-refractivity contribution in [2.75, 3.05) is 0 Å². The van der Waals surface area contributed by atoms with Crippen molar-refractivity contribution in [3.05, 3.63) is 152 Å². The summed E-state index contributed by atoms with van der Waals surface area (Å²) in [6.45, 7) is 0. The lowest BCUT2D eigenvalue weighted by atomic mass is 10.00. The lowest BCUT2D eigenvalue weighted by Crippen LogP contribution is -2.01. The van der Waals surface area contributed by atoms with E-state index in [1.54, 1.807) is 0 Å². The topological polar surface area (TPSA) is 56.5 Å². The van der Waals surface area contributed by atoms with Gasteiger partial charge in [0.05, 0.1) is 22.9 Å². The summed E-state index contributed by atoms with van der Waals surface area (Å²) in [6.07, 6.45) is 3.76. The predicted octanol–water partition coefficient (Wildman–Crippen LogP) is 9.67. The van der Waals surface area contributed by atoms with E-state index in [1.165, 1.54) is 32.3 Å². The molecule has 3 aromatic heterocycles. The third-order valence-electron chi connectivity index (χ3n) is 8.49. The highest BCUT2D eigenvalue weighted by molar-refractivity contribution is 6.28. The Labute approximate surface area is 259 Å². The van der Waals surface area contributed by atoms with Crippen LogP contribution < -0.4 is 0 Å². The van der Waals surface area contributed by atoms with Crippen LogP contribution in [0, 0.1) is 0 Å². The monoisotopic (exact) mass is 575 g/mol. The molecule has 0 fully saturated rings. The summed E-state index contributed by atoms with van der Waals surface area (Å²) < 4.78 is 2.32. The Bertz CT molecular complexity index is 2390. The number of aromatic nitrogens is 5. The summed E-state index contributed by atoms with van der Waals surface area (Å²) in [7, 11) is 0. The first kappa shape index (κ1) is 25.3. The first-order chi connectivity index (χ1) is 22.3. The Morgan fingerprint density at radius 1 is 0.400 bits per heavy atom. The zero-order valence-electron chi connectivity index (χ0n) is 24.2. The second-order valence-corrected chi connectivity index (χ2v) is 11.2. The third-order valence-corrected chi connectivity index (χ3v) is 8.49. The van der Waals surface area contributed by atoms with Gasteiger partial charge in [0.2, 0.25) is 0 Å². The molecule has 0 bridgehead atoms. The fourth-order valence-corrected chi connectivity index (χ4v) is 6.44. The van der Waals surface area contributed by atoms with Gasteiger partial charge in [0.15, 0.2) is 17.5 Å². The van der Waals surface area contributed by atoms with E-state index >= 15 is 0 Å². The van der Waals surface area contributed by atoms with Crippen LogP contribution >= 0.6 is 0 Å². The standard InChI is InChI=1S/C40H25N5/c1-3-13-28(14-4-1)38-42-39(29-15-5-2-6-16-29)44-40(43-38)30-23-31(25-41-24-30)45-34-21-19-26-11-7-9-17-32(26)36(34)37-33-18-10-8-12-27(33)20-22-35(37)45/h1-25H. The highest BCUT2D eigenvalue weighted by Gasteiger charge is 2.19. The molecule has 0 aliphatic rings. The Morgan fingerprint density at radius 2 is 0.867 bits per heavy atom. The molecule has 45 heavy (non-hydrogen) atoms. The van der Waals surface area contributed by atoms with Crippen molar-refractivity contribution in [3.8, 4) is 39.9 Å². The SMILES string of the molecule is c1ccc(-c2nc(-c3ccccc3)nc(-c3cncc(-n4c5ccc6ccccc6c5c5c6ccccc6ccc54)c3)n2)cc1. The minimum Gasteiger partial charge on any atom is -0.308 e. The van der Waals surface area contributed by atoms with E-state index in [9.17, 15) is 0 Å². The van der Waals surface area contributed by atoms with Crippen LogP contribution in [-0.4, -0.2) is 24.5 Å². The van der Waals surface area contributed by atoms with Gasteiger partial charge in [-0.25, -0.2) is 15.0 Å². The van der Waals surface area contributed by atoms with Crippen molar-refractivity contribution >= 4 is 43.4 Å². The van der Waals surface area contributed by atoms with Gasteiger partial charge in [-0.1, -0.05) is 121 Å². The molecule has 0 saturated heterocycles. The van der Waals surface area contributed by atoms with Crippen LogP contribution in [-0.2, 0) is 0 Å². The molecule has 6 aromatic carbocycles. The van der Waals surface area contributed by atoms with Gasteiger partial charge >= 0.3 is 0 Å². The Balaban J connectivity index is 1.31. The van der Waals surface area contributed by atoms with Crippen LogP contribution in [0.2, 0.25) is 0 Å². The average molecular weight is 576 g/mol. The van der Waals surface area contributed by atoms with Crippen molar-refractivity contribution < 1.29 is 0 Å². The summed E-state index contributed by atoms with van der Waals surface area (Å²) in [5.41, 5.74) is 5.89. The molecule has 0 spiro atoms. The number of benzene rings is 6. The van der Waals surface area contributed by atoms with E-state index in [1.807, 2.05) is 73.1 Å². The molecule has 0 unspecified atom stereocenters. The maximum atomic E-state index is 4.96. The van der Waals surface area contributed by atoms with Crippen LogP contribution in [0.15, 0.2) is 152 Å². The fourth-order valence-electron chi connectivity index (χ4n) is 6.44. The molecular weight excluding hydrogens is 550 g/mol. The minimum absolute atomic E-state index is 0.578. The van der Waals surface area contributed by atoms with Gasteiger partial charge in [-0.3, -0.25) is 4.98 Å². The zero-order valence-corrected chi connectivity index (χ0v) is 24.2. The molecule has 5 heteroatoms. The van der Waals surface area contributed by atoms with Crippen LogP contribution in [0.25, 0.3) is 83.2 Å². The zero-order chi connectivity index (χ0) is 29.7. The predicted molar refractivity (Wildman–Crippen MR) is 183 cm³/mol. The van der Waals surface area contributed by atoms with Crippen molar-refractivity contribution in [2.45, 2.75) is 0 Å². The molecule has 9 aromatic rings. The number of rotatable bonds is 4. The normalized spacial score (nSPS) is 11.6. The summed E-state index contributed by atoms with van der Waals surface area (Å²) in [5, 5.41) is 7.38. The third kappa shape index (κ3) is 4.17. The van der Waals surface area contributed by atoms with Gasteiger partial charge in [0, 0.05) is 33.7 Å². The van der Waals surface area contributed by atoms with Gasteiger partial charge in [0.1, 0.15) is 0 Å². The first-order valence-electron chi connectivity index (χ1n) is 15.0. The smallest absolute Gasteiger partial charge is 0.165 e. The number of hydrogen-bond donors (Lipinski definition) is 0. The Morgan fingerprint density at radius 3 is 1.40 bits per heavy atom. The molecule has 0 saturated carbocycles. The largest absolute Gasteiger partial charge is 0.308 e. The van der Waals surface area contributed by atoms with Crippen LogP contribution in [0.3, 0.4) is 0 Å². The van der Waals surface area contributed by atoms with Crippen LogP contribution in [0.4, 0.5) is 0 Å². The number of fused-ring (bicyclic) bond motifs is 7. The molecule has 3 heterocycles. The van der Waals surface area contributed by atoms with Crippen LogP contribution in [0.5, 0.6) is 0 Å². The van der Waals surface area contributed by atoms with E-state index in [0.717, 1.165) is 33.4 Å². The maximum Gasteiger partial charge on any atom is 0.165 e. The molecule has 9 rings (SSSR count). The second kappa shape index (κ2) is 10.2. The minimum atomic E-state index is 0.578. The lowest BCUT2D eigenvalue weighted by molar-refractivity contribution is 1.06. The number of nitrogens with zero attached hydrogens (tertiary/aromatic N) is 5. The highest BCUT2D eigenvalue weighted by atomic mass is 15.0. The van der Waals surface area contributed by atoms with Gasteiger partial charge in [0.25, 0.3) is 0 Å². The maximum absolute atomic E-state index is 4.96. The van der Waals surface area contributed by atoms with Crippen molar-refractivity contribution in [2.24, 2.45) is 0 Å². The van der Waals surface area contributed by atoms with Crippen LogP contribution in [0.1, 0.15) is 0 Å². The quantitative estimate of drug-likeness (QED) is 0.210. The van der Waals surface area contributed by atoms with Crippen molar-refractivity contribution in [3.63, 3.8) is 0 Å². The summed E-state index contributed by atoms with van der Waals surface area (Å²) >= 11 is 0. The van der Waals surface area contributed by atoms with E-state index in [4.69, 9.17) is 19.9 Å². The van der Waals surface area contributed by atoms with E-state index in [0.29, 0.717) is 17.5 Å². The fraction of sp³-hybridized carbons (Fsp3) is 0. The Kier molecular flexibility index (Phi) is 5.74. The molecule has 5 nitrogen and oxygen atoms in total. The molecule has 0 aliphatic heterocycles. The van der Waals surface area contributed by atoms with Crippen molar-refractivity contribution in [1.82, 2.24) is 24.5 Å². The first-order valence-corrected chi connectivity index (χ1v) is 15.0. The van der Waals surface area contributed by atoms with E-state index < -0.39 is 0 Å². The lowest BCUT2D eigenvalue weighted by Gasteiger charge is -2.11. The second-order valence-electron chi connectivity index (χ2n) is 11.2. The molecule has 0 aliphatic carbocycles. The molecular formula is C40H25N5. The molecule has 0 N–H and O–H groups in total. The highest BCUT2D eigenvalue weighted by Crippen LogP contribution is 2.40. The van der Waals surface area contributed by atoms with Crippen molar-refractivity contribution in [1.29, 1.82) is 0 Å². The Hall–Kier alpha value is -6.20. The van der Waals surface area contributed by atoms with Gasteiger partial charge < -0.3 is 4.57 Å². The molecule has 0 atom stereocenters. The van der Waals surface area contributed by atoms with E-state index in [-0.39, 0.29) is 0 Å². The summed E-state index contributed by atoms with van der Waals surface area (Å²) in [6, 6.07) is 48.3. The molecule has 0 amide bonds.